The van der Waals surface area contributed by atoms with Gasteiger partial charge >= 0.3 is 0 Å². The predicted octanol–water partition coefficient (Wildman–Crippen LogP) is 3.21. The minimum absolute atomic E-state index is 0.164. The number of amidine groups is 1. The average Bonchev–Trinajstić information content (AvgIpc) is 2.18. The first kappa shape index (κ1) is 11.8. The largest absolute Gasteiger partial charge is 0.387 e. The van der Waals surface area contributed by atoms with Crippen molar-refractivity contribution in [2.24, 2.45) is 10.7 Å². The molecule has 2 heteroatoms. The molecule has 0 saturated heterocycles. The van der Waals surface area contributed by atoms with Gasteiger partial charge in [0.25, 0.3) is 0 Å². The molecule has 0 bridgehead atoms. The summed E-state index contributed by atoms with van der Waals surface area (Å²) in [5.74, 6) is 0.755. The molecule has 0 saturated carbocycles. The average molecular weight is 204 g/mol. The van der Waals surface area contributed by atoms with Gasteiger partial charge in [-0.15, -0.1) is 0 Å². The molecule has 1 atom stereocenters. The molecule has 0 heterocycles. The van der Waals surface area contributed by atoms with Crippen LogP contribution in [0.4, 0.5) is 0 Å². The van der Waals surface area contributed by atoms with Crippen LogP contribution >= 0.6 is 0 Å². The van der Waals surface area contributed by atoms with E-state index in [1.54, 1.807) is 0 Å². The van der Waals surface area contributed by atoms with Crippen LogP contribution in [0.15, 0.2) is 29.3 Å². The van der Waals surface area contributed by atoms with Gasteiger partial charge in [0.1, 0.15) is 0 Å². The van der Waals surface area contributed by atoms with Crippen LogP contribution in [0.3, 0.4) is 0 Å². The predicted molar refractivity (Wildman–Crippen MR) is 66.1 cm³/mol. The van der Waals surface area contributed by atoms with Gasteiger partial charge < -0.3 is 5.73 Å². The lowest BCUT2D eigenvalue weighted by Gasteiger charge is -2.08. The first-order valence-corrected chi connectivity index (χ1v) is 5.52. The van der Waals surface area contributed by atoms with Crippen molar-refractivity contribution in [1.29, 1.82) is 0 Å². The van der Waals surface area contributed by atoms with E-state index >= 15 is 0 Å². The molecule has 1 unspecified atom stereocenters. The van der Waals surface area contributed by atoms with Gasteiger partial charge in [-0.2, -0.15) is 0 Å². The number of hydrogen-bond donors (Lipinski definition) is 1. The highest BCUT2D eigenvalue weighted by Gasteiger charge is 2.03. The lowest BCUT2D eigenvalue weighted by atomic mass is 10.1. The zero-order valence-electron chi connectivity index (χ0n) is 9.83. The van der Waals surface area contributed by atoms with Crippen molar-refractivity contribution >= 4 is 5.84 Å². The SMILES string of the molecule is CCCC(N)=NC(C)c1ccc(C)cc1. The lowest BCUT2D eigenvalue weighted by Crippen LogP contribution is -2.12. The number of nitrogens with two attached hydrogens (primary N) is 1. The lowest BCUT2D eigenvalue weighted by molar-refractivity contribution is 0.805. The number of aliphatic imine (C=N–C) groups is 1. The molecule has 2 N–H and O–H groups in total. The van der Waals surface area contributed by atoms with E-state index in [2.05, 4.69) is 50.0 Å². The summed E-state index contributed by atoms with van der Waals surface area (Å²) in [5, 5.41) is 0. The highest BCUT2D eigenvalue weighted by atomic mass is 14.9. The standard InChI is InChI=1S/C13H20N2/c1-4-5-13(14)15-11(3)12-8-6-10(2)7-9-12/h6-9,11H,4-5H2,1-3H3,(H2,14,15). The van der Waals surface area contributed by atoms with Crippen molar-refractivity contribution in [3.63, 3.8) is 0 Å². The molecule has 1 aromatic carbocycles. The third-order valence-electron chi connectivity index (χ3n) is 2.43. The molecule has 1 rings (SSSR count). The van der Waals surface area contributed by atoms with Gasteiger partial charge in [-0.25, -0.2) is 0 Å². The van der Waals surface area contributed by atoms with Crippen LogP contribution < -0.4 is 5.73 Å². The molecule has 82 valence electrons. The molecule has 1 aromatic rings. The molecule has 0 aromatic heterocycles. The number of hydrogen-bond acceptors (Lipinski definition) is 1. The maximum Gasteiger partial charge on any atom is 0.0944 e. The zero-order chi connectivity index (χ0) is 11.3. The molecular weight excluding hydrogens is 184 g/mol. The van der Waals surface area contributed by atoms with Crippen molar-refractivity contribution in [1.82, 2.24) is 0 Å². The quantitative estimate of drug-likeness (QED) is 0.593. The first-order valence-electron chi connectivity index (χ1n) is 5.52. The van der Waals surface area contributed by atoms with E-state index < -0.39 is 0 Å². The molecule has 0 radical (unpaired) electrons. The minimum Gasteiger partial charge on any atom is -0.387 e. The van der Waals surface area contributed by atoms with E-state index in [-0.39, 0.29) is 6.04 Å². The van der Waals surface area contributed by atoms with Gasteiger partial charge in [0.2, 0.25) is 0 Å². The maximum atomic E-state index is 5.80. The topological polar surface area (TPSA) is 38.4 Å². The summed E-state index contributed by atoms with van der Waals surface area (Å²) in [4.78, 5) is 4.46. The van der Waals surface area contributed by atoms with Crippen LogP contribution in [-0.2, 0) is 0 Å². The van der Waals surface area contributed by atoms with Gasteiger partial charge in [0, 0.05) is 6.42 Å². The van der Waals surface area contributed by atoms with Crippen LogP contribution in [0.2, 0.25) is 0 Å². The molecule has 15 heavy (non-hydrogen) atoms. The van der Waals surface area contributed by atoms with Gasteiger partial charge in [0.15, 0.2) is 0 Å². The fraction of sp³-hybridized carbons (Fsp3) is 0.462. The van der Waals surface area contributed by atoms with Crippen molar-refractivity contribution in [2.75, 3.05) is 0 Å². The minimum atomic E-state index is 0.164. The highest BCUT2D eigenvalue weighted by molar-refractivity contribution is 5.80. The van der Waals surface area contributed by atoms with E-state index in [4.69, 9.17) is 5.73 Å². The van der Waals surface area contributed by atoms with Crippen LogP contribution in [0, 0.1) is 6.92 Å². The van der Waals surface area contributed by atoms with Crippen molar-refractivity contribution < 1.29 is 0 Å². The Hall–Kier alpha value is -1.31. The second-order valence-corrected chi connectivity index (χ2v) is 3.96. The van der Waals surface area contributed by atoms with E-state index in [1.165, 1.54) is 11.1 Å². The molecular formula is C13H20N2. The fourth-order valence-electron chi connectivity index (χ4n) is 1.49. The summed E-state index contributed by atoms with van der Waals surface area (Å²) in [5.41, 5.74) is 8.30. The summed E-state index contributed by atoms with van der Waals surface area (Å²) >= 11 is 0. The number of aryl methyl sites for hydroxylation is 1. The van der Waals surface area contributed by atoms with Crippen LogP contribution in [0.1, 0.15) is 43.9 Å². The molecule has 0 spiro atoms. The second kappa shape index (κ2) is 5.54. The van der Waals surface area contributed by atoms with E-state index in [9.17, 15) is 0 Å². The third-order valence-corrected chi connectivity index (χ3v) is 2.43. The Balaban J connectivity index is 2.72. The van der Waals surface area contributed by atoms with Gasteiger partial charge in [-0.05, 0) is 25.8 Å². The van der Waals surface area contributed by atoms with E-state index in [1.807, 2.05) is 0 Å². The molecule has 0 aliphatic heterocycles. The zero-order valence-corrected chi connectivity index (χ0v) is 9.83. The van der Waals surface area contributed by atoms with E-state index in [0.717, 1.165) is 18.7 Å². The smallest absolute Gasteiger partial charge is 0.0944 e. The van der Waals surface area contributed by atoms with Crippen LogP contribution in [-0.4, -0.2) is 5.84 Å². The molecule has 0 amide bonds. The van der Waals surface area contributed by atoms with Crippen LogP contribution in [0.25, 0.3) is 0 Å². The summed E-state index contributed by atoms with van der Waals surface area (Å²) in [6.07, 6.45) is 1.94. The molecule has 0 aliphatic rings. The maximum absolute atomic E-state index is 5.80. The fourth-order valence-corrected chi connectivity index (χ4v) is 1.49. The van der Waals surface area contributed by atoms with Crippen molar-refractivity contribution in [2.45, 2.75) is 39.7 Å². The molecule has 0 fully saturated rings. The van der Waals surface area contributed by atoms with Gasteiger partial charge in [0.05, 0.1) is 11.9 Å². The monoisotopic (exact) mass is 204 g/mol. The van der Waals surface area contributed by atoms with Gasteiger partial charge in [-0.3, -0.25) is 4.99 Å². The Bertz CT molecular complexity index is 325. The Morgan fingerprint density at radius 1 is 1.33 bits per heavy atom. The third kappa shape index (κ3) is 3.74. The number of benzene rings is 1. The Labute approximate surface area is 92.2 Å². The Kier molecular flexibility index (Phi) is 4.35. The van der Waals surface area contributed by atoms with Crippen molar-refractivity contribution in [3.05, 3.63) is 35.4 Å². The van der Waals surface area contributed by atoms with Crippen LogP contribution in [0.5, 0.6) is 0 Å². The molecule has 2 nitrogen and oxygen atoms in total. The summed E-state index contributed by atoms with van der Waals surface area (Å²) < 4.78 is 0. The summed E-state index contributed by atoms with van der Waals surface area (Å²) in [7, 11) is 0. The van der Waals surface area contributed by atoms with Crippen molar-refractivity contribution in [3.8, 4) is 0 Å². The normalized spacial score (nSPS) is 13.9. The first-order chi connectivity index (χ1) is 7.13. The van der Waals surface area contributed by atoms with E-state index in [0.29, 0.717) is 0 Å². The highest BCUT2D eigenvalue weighted by Crippen LogP contribution is 2.17. The second-order valence-electron chi connectivity index (χ2n) is 3.96. The Morgan fingerprint density at radius 3 is 2.47 bits per heavy atom. The Morgan fingerprint density at radius 2 is 1.93 bits per heavy atom. The number of nitrogens with zero attached hydrogens (tertiary/aromatic N) is 1. The summed E-state index contributed by atoms with van der Waals surface area (Å²) in [6.45, 7) is 6.27. The molecule has 0 aliphatic carbocycles. The summed E-state index contributed by atoms with van der Waals surface area (Å²) in [6, 6.07) is 8.61. The van der Waals surface area contributed by atoms with Gasteiger partial charge in [-0.1, -0.05) is 36.8 Å². The number of rotatable bonds is 4.